The Labute approximate surface area is 142 Å². The Morgan fingerprint density at radius 3 is 3.00 bits per heavy atom. The minimum Gasteiger partial charge on any atom is -0.496 e. The van der Waals surface area contributed by atoms with Gasteiger partial charge in [-0.2, -0.15) is 0 Å². The van der Waals surface area contributed by atoms with Crippen molar-refractivity contribution in [1.82, 2.24) is 19.7 Å². The number of hydrogen-bond acceptors (Lipinski definition) is 4. The molecular weight excluding hydrogens is 304 g/mol. The summed E-state index contributed by atoms with van der Waals surface area (Å²) < 4.78 is 7.45. The van der Waals surface area contributed by atoms with Gasteiger partial charge in [-0.15, -0.1) is 10.2 Å². The van der Waals surface area contributed by atoms with Crippen molar-refractivity contribution in [1.29, 1.82) is 0 Å². The number of nitrogens with zero attached hydrogens (tertiary/aromatic N) is 4. The zero-order valence-electron chi connectivity index (χ0n) is 14.3. The molecule has 24 heavy (non-hydrogen) atoms. The molecule has 2 aromatic rings. The molecule has 0 bridgehead atoms. The second-order valence-corrected chi connectivity index (χ2v) is 6.17. The summed E-state index contributed by atoms with van der Waals surface area (Å²) in [5.41, 5.74) is 0.621. The van der Waals surface area contributed by atoms with Gasteiger partial charge < -0.3 is 14.2 Å². The van der Waals surface area contributed by atoms with Crippen molar-refractivity contribution in [3.05, 3.63) is 42.0 Å². The molecule has 1 aliphatic heterocycles. The zero-order valence-corrected chi connectivity index (χ0v) is 14.3. The number of piperidine rings is 1. The van der Waals surface area contributed by atoms with E-state index in [0.717, 1.165) is 38.2 Å². The van der Waals surface area contributed by atoms with Crippen LogP contribution in [0.5, 0.6) is 5.75 Å². The molecule has 128 valence electrons. The number of aromatic nitrogens is 3. The van der Waals surface area contributed by atoms with Gasteiger partial charge in [-0.05, 0) is 31.4 Å². The third-order valence-electron chi connectivity index (χ3n) is 4.52. The van der Waals surface area contributed by atoms with Crippen molar-refractivity contribution in [3.8, 4) is 5.75 Å². The summed E-state index contributed by atoms with van der Waals surface area (Å²) in [6, 6.07) is 7.40. The van der Waals surface area contributed by atoms with Crippen LogP contribution >= 0.6 is 0 Å². The number of ether oxygens (including phenoxy) is 1. The first kappa shape index (κ1) is 16.5. The predicted molar refractivity (Wildman–Crippen MR) is 91.2 cm³/mol. The van der Waals surface area contributed by atoms with Gasteiger partial charge >= 0.3 is 0 Å². The minimum absolute atomic E-state index is 0.0266. The molecule has 1 fully saturated rings. The van der Waals surface area contributed by atoms with Gasteiger partial charge in [-0.25, -0.2) is 0 Å². The summed E-state index contributed by atoms with van der Waals surface area (Å²) in [5, 5.41) is 8.37. The molecule has 1 aromatic heterocycles. The van der Waals surface area contributed by atoms with Gasteiger partial charge in [0.15, 0.2) is 0 Å². The smallest absolute Gasteiger partial charge is 0.257 e. The fourth-order valence-electron chi connectivity index (χ4n) is 3.36. The van der Waals surface area contributed by atoms with Crippen molar-refractivity contribution in [2.45, 2.75) is 38.6 Å². The van der Waals surface area contributed by atoms with Crippen molar-refractivity contribution >= 4 is 5.91 Å². The van der Waals surface area contributed by atoms with Crippen LogP contribution < -0.4 is 4.74 Å². The SMILES string of the molecule is CCCn1cnnc1C1CCCN(C(=O)c2ccccc2OC)C1. The van der Waals surface area contributed by atoms with Gasteiger partial charge in [-0.3, -0.25) is 4.79 Å². The topological polar surface area (TPSA) is 60.2 Å². The Hall–Kier alpha value is -2.37. The van der Waals surface area contributed by atoms with Gasteiger partial charge in [0.1, 0.15) is 17.9 Å². The molecule has 6 nitrogen and oxygen atoms in total. The Bertz CT molecular complexity index is 698. The minimum atomic E-state index is 0.0266. The monoisotopic (exact) mass is 328 g/mol. The third-order valence-corrected chi connectivity index (χ3v) is 4.52. The lowest BCUT2D eigenvalue weighted by Crippen LogP contribution is -2.40. The average Bonchev–Trinajstić information content (AvgIpc) is 3.10. The van der Waals surface area contributed by atoms with E-state index >= 15 is 0 Å². The second-order valence-electron chi connectivity index (χ2n) is 6.17. The van der Waals surface area contributed by atoms with E-state index in [1.165, 1.54) is 0 Å². The number of likely N-dealkylation sites (tertiary alicyclic amines) is 1. The molecule has 3 rings (SSSR count). The molecule has 1 aliphatic rings. The Morgan fingerprint density at radius 1 is 1.38 bits per heavy atom. The van der Waals surface area contributed by atoms with E-state index < -0.39 is 0 Å². The highest BCUT2D eigenvalue weighted by atomic mass is 16.5. The number of rotatable bonds is 5. The molecule has 1 amide bonds. The molecule has 6 heteroatoms. The molecule has 0 spiro atoms. The van der Waals surface area contributed by atoms with Crippen LogP contribution in [0.15, 0.2) is 30.6 Å². The van der Waals surface area contributed by atoms with Gasteiger partial charge in [0.25, 0.3) is 5.91 Å². The number of para-hydroxylation sites is 1. The first-order valence-electron chi connectivity index (χ1n) is 8.54. The van der Waals surface area contributed by atoms with E-state index in [1.54, 1.807) is 13.4 Å². The van der Waals surface area contributed by atoms with E-state index in [-0.39, 0.29) is 11.8 Å². The fourth-order valence-corrected chi connectivity index (χ4v) is 3.36. The fraction of sp³-hybridized carbons (Fsp3) is 0.500. The Morgan fingerprint density at radius 2 is 2.21 bits per heavy atom. The van der Waals surface area contributed by atoms with Crippen molar-refractivity contribution in [2.24, 2.45) is 0 Å². The third kappa shape index (κ3) is 3.27. The van der Waals surface area contributed by atoms with Crippen LogP contribution in [0.1, 0.15) is 48.3 Å². The number of amides is 1. The zero-order chi connectivity index (χ0) is 16.9. The van der Waals surface area contributed by atoms with E-state index in [1.807, 2.05) is 29.2 Å². The van der Waals surface area contributed by atoms with Crippen molar-refractivity contribution < 1.29 is 9.53 Å². The van der Waals surface area contributed by atoms with Crippen LogP contribution in [0.4, 0.5) is 0 Å². The maximum Gasteiger partial charge on any atom is 0.257 e. The molecule has 1 aromatic carbocycles. The molecule has 0 aliphatic carbocycles. The van der Waals surface area contributed by atoms with Crippen LogP contribution in [0.25, 0.3) is 0 Å². The summed E-state index contributed by atoms with van der Waals surface area (Å²) in [6.07, 6.45) is 4.85. The van der Waals surface area contributed by atoms with Crippen LogP contribution in [0.2, 0.25) is 0 Å². The Balaban J connectivity index is 1.78. The van der Waals surface area contributed by atoms with Crippen molar-refractivity contribution in [3.63, 3.8) is 0 Å². The lowest BCUT2D eigenvalue weighted by atomic mass is 9.96. The highest BCUT2D eigenvalue weighted by Gasteiger charge is 2.29. The summed E-state index contributed by atoms with van der Waals surface area (Å²) >= 11 is 0. The highest BCUT2D eigenvalue weighted by Crippen LogP contribution is 2.28. The second kappa shape index (κ2) is 7.47. The standard InChI is InChI=1S/C18H24N4O2/c1-3-10-22-13-19-20-17(22)14-7-6-11-21(12-14)18(23)15-8-4-5-9-16(15)24-2/h4-5,8-9,13-14H,3,6-7,10-12H2,1-2H3. The molecular formula is C18H24N4O2. The van der Waals surface area contributed by atoms with Gasteiger partial charge in [-0.1, -0.05) is 19.1 Å². The number of aryl methyl sites for hydroxylation is 1. The molecule has 1 unspecified atom stereocenters. The summed E-state index contributed by atoms with van der Waals surface area (Å²) in [7, 11) is 1.60. The van der Waals surface area contributed by atoms with Crippen LogP contribution in [-0.2, 0) is 6.54 Å². The maximum atomic E-state index is 12.9. The van der Waals surface area contributed by atoms with Crippen LogP contribution in [0, 0.1) is 0 Å². The molecule has 1 saturated heterocycles. The van der Waals surface area contributed by atoms with Crippen molar-refractivity contribution in [2.75, 3.05) is 20.2 Å². The van der Waals surface area contributed by atoms with Gasteiger partial charge in [0, 0.05) is 25.6 Å². The molecule has 2 heterocycles. The lowest BCUT2D eigenvalue weighted by Gasteiger charge is -2.32. The van der Waals surface area contributed by atoms with Gasteiger partial charge in [0.2, 0.25) is 0 Å². The van der Waals surface area contributed by atoms with Crippen LogP contribution in [0.3, 0.4) is 0 Å². The number of carbonyl (C=O) groups is 1. The summed E-state index contributed by atoms with van der Waals surface area (Å²) in [6.45, 7) is 4.51. The molecule has 0 saturated carbocycles. The molecule has 1 atom stereocenters. The highest BCUT2D eigenvalue weighted by molar-refractivity contribution is 5.97. The number of carbonyl (C=O) groups excluding carboxylic acids is 1. The van der Waals surface area contributed by atoms with E-state index in [0.29, 0.717) is 17.9 Å². The number of hydrogen-bond donors (Lipinski definition) is 0. The summed E-state index contributed by atoms with van der Waals surface area (Å²) in [5.74, 6) is 1.89. The first-order chi connectivity index (χ1) is 11.7. The number of methoxy groups -OCH3 is 1. The quantitative estimate of drug-likeness (QED) is 0.847. The first-order valence-corrected chi connectivity index (χ1v) is 8.54. The Kier molecular flexibility index (Phi) is 5.13. The summed E-state index contributed by atoms with van der Waals surface area (Å²) in [4.78, 5) is 14.8. The molecule has 0 radical (unpaired) electrons. The molecule has 0 N–H and O–H groups in total. The van der Waals surface area contributed by atoms with E-state index in [4.69, 9.17) is 4.74 Å². The average molecular weight is 328 g/mol. The predicted octanol–water partition coefficient (Wildman–Crippen LogP) is 2.72. The normalized spacial score (nSPS) is 17.8. The maximum absolute atomic E-state index is 12.9. The van der Waals surface area contributed by atoms with Gasteiger partial charge in [0.05, 0.1) is 12.7 Å². The van der Waals surface area contributed by atoms with Crippen LogP contribution in [-0.4, -0.2) is 45.8 Å². The van der Waals surface area contributed by atoms with E-state index in [9.17, 15) is 4.79 Å². The van der Waals surface area contributed by atoms with E-state index in [2.05, 4.69) is 21.7 Å². The lowest BCUT2D eigenvalue weighted by molar-refractivity contribution is 0.0699. The number of benzene rings is 1. The largest absolute Gasteiger partial charge is 0.496 e.